The number of hydrogen-bond donors (Lipinski definition) is 3. The first-order chi connectivity index (χ1) is 9.61. The average Bonchev–Trinajstić information content (AvgIpc) is 2.45. The molecule has 0 atom stereocenters. The molecule has 6 nitrogen and oxygen atoms in total. The molecule has 1 aromatic heterocycles. The third-order valence-corrected chi connectivity index (χ3v) is 3.03. The maximum atomic E-state index is 11.8. The minimum atomic E-state index is -0.398. The van der Waals surface area contributed by atoms with Crippen molar-refractivity contribution in [3.05, 3.63) is 52.8 Å². The lowest BCUT2D eigenvalue weighted by Crippen LogP contribution is -2.32. The van der Waals surface area contributed by atoms with Gasteiger partial charge in [0.25, 0.3) is 5.91 Å². The van der Waals surface area contributed by atoms with E-state index in [-0.39, 0.29) is 5.95 Å². The predicted molar refractivity (Wildman–Crippen MR) is 76.7 cm³/mol. The fourth-order valence-electron chi connectivity index (χ4n) is 2.11. The van der Waals surface area contributed by atoms with Crippen molar-refractivity contribution in [1.82, 2.24) is 15.4 Å². The van der Waals surface area contributed by atoms with E-state index < -0.39 is 5.91 Å². The molecule has 104 valence electrons. The quantitative estimate of drug-likeness (QED) is 0.432. The van der Waals surface area contributed by atoms with Gasteiger partial charge < -0.3 is 5.73 Å². The van der Waals surface area contributed by atoms with Crippen molar-refractivity contribution in [1.29, 1.82) is 0 Å². The molecular weight excluding hydrogens is 254 g/mol. The summed E-state index contributed by atoms with van der Waals surface area (Å²) in [5, 5.41) is 0. The summed E-state index contributed by atoms with van der Waals surface area (Å²) < 4.78 is 0. The SMILES string of the molecule is Cc1nc(N)nc(CCc2ccccc2)c1C(=O)NN. The molecule has 2 aromatic rings. The Hall–Kier alpha value is -2.47. The molecule has 1 heterocycles. The van der Waals surface area contributed by atoms with Crippen molar-refractivity contribution in [2.75, 3.05) is 5.73 Å². The number of nitrogens with zero attached hydrogens (tertiary/aromatic N) is 2. The lowest BCUT2D eigenvalue weighted by atomic mass is 10.0. The van der Waals surface area contributed by atoms with Crippen LogP contribution in [0.25, 0.3) is 0 Å². The van der Waals surface area contributed by atoms with Gasteiger partial charge >= 0.3 is 0 Å². The van der Waals surface area contributed by atoms with E-state index in [1.54, 1.807) is 6.92 Å². The van der Waals surface area contributed by atoms with Gasteiger partial charge in [0, 0.05) is 0 Å². The number of amides is 1. The molecular formula is C14H17N5O. The van der Waals surface area contributed by atoms with Gasteiger partial charge in [0.2, 0.25) is 5.95 Å². The fraction of sp³-hybridized carbons (Fsp3) is 0.214. The predicted octanol–water partition coefficient (Wildman–Crippen LogP) is 0.756. The largest absolute Gasteiger partial charge is 0.368 e. The zero-order chi connectivity index (χ0) is 14.5. The number of benzene rings is 1. The number of carbonyl (C=O) groups excluding carboxylic acids is 1. The lowest BCUT2D eigenvalue weighted by Gasteiger charge is -2.10. The molecule has 0 spiro atoms. The third kappa shape index (κ3) is 3.10. The number of carbonyl (C=O) groups is 1. The Balaban J connectivity index is 2.28. The fourth-order valence-corrected chi connectivity index (χ4v) is 2.11. The van der Waals surface area contributed by atoms with E-state index >= 15 is 0 Å². The van der Waals surface area contributed by atoms with Crippen LogP contribution in [0.2, 0.25) is 0 Å². The van der Waals surface area contributed by atoms with Crippen molar-refractivity contribution in [2.45, 2.75) is 19.8 Å². The molecule has 0 unspecified atom stereocenters. The molecule has 6 heteroatoms. The van der Waals surface area contributed by atoms with Gasteiger partial charge in [-0.3, -0.25) is 10.2 Å². The van der Waals surface area contributed by atoms with E-state index in [9.17, 15) is 4.79 Å². The van der Waals surface area contributed by atoms with E-state index in [1.807, 2.05) is 30.3 Å². The Morgan fingerprint density at radius 2 is 1.90 bits per heavy atom. The molecule has 0 aliphatic rings. The van der Waals surface area contributed by atoms with Crippen molar-refractivity contribution >= 4 is 11.9 Å². The second-order valence-electron chi connectivity index (χ2n) is 4.45. The van der Waals surface area contributed by atoms with Crippen LogP contribution >= 0.6 is 0 Å². The van der Waals surface area contributed by atoms with Crippen LogP contribution in [0, 0.1) is 6.92 Å². The van der Waals surface area contributed by atoms with E-state index in [1.165, 1.54) is 5.56 Å². The number of nitrogens with one attached hydrogen (secondary N) is 1. The highest BCUT2D eigenvalue weighted by Gasteiger charge is 2.17. The number of anilines is 1. The summed E-state index contributed by atoms with van der Waals surface area (Å²) in [5.41, 5.74) is 10.5. The summed E-state index contributed by atoms with van der Waals surface area (Å²) in [6, 6.07) is 9.97. The Morgan fingerprint density at radius 1 is 1.20 bits per heavy atom. The van der Waals surface area contributed by atoms with Crippen molar-refractivity contribution in [3.63, 3.8) is 0 Å². The molecule has 0 fully saturated rings. The molecule has 1 aromatic carbocycles. The van der Waals surface area contributed by atoms with Crippen LogP contribution < -0.4 is 17.0 Å². The average molecular weight is 271 g/mol. The minimum Gasteiger partial charge on any atom is -0.368 e. The summed E-state index contributed by atoms with van der Waals surface area (Å²) in [5.74, 6) is 4.97. The third-order valence-electron chi connectivity index (χ3n) is 3.03. The highest BCUT2D eigenvalue weighted by Crippen LogP contribution is 2.14. The second kappa shape index (κ2) is 6.12. The van der Waals surface area contributed by atoms with Crippen LogP contribution in [0.4, 0.5) is 5.95 Å². The molecule has 20 heavy (non-hydrogen) atoms. The maximum Gasteiger partial charge on any atom is 0.268 e. The van der Waals surface area contributed by atoms with E-state index in [4.69, 9.17) is 11.6 Å². The number of aromatic nitrogens is 2. The number of rotatable bonds is 4. The normalized spacial score (nSPS) is 10.3. The second-order valence-corrected chi connectivity index (χ2v) is 4.45. The molecule has 1 amide bonds. The summed E-state index contributed by atoms with van der Waals surface area (Å²) in [4.78, 5) is 20.0. The van der Waals surface area contributed by atoms with Gasteiger partial charge in [0.1, 0.15) is 0 Å². The minimum absolute atomic E-state index is 0.166. The Bertz CT molecular complexity index is 612. The highest BCUT2D eigenvalue weighted by molar-refractivity contribution is 5.96. The van der Waals surface area contributed by atoms with Gasteiger partial charge in [0.05, 0.1) is 17.0 Å². The molecule has 5 N–H and O–H groups in total. The van der Waals surface area contributed by atoms with Crippen LogP contribution in [-0.2, 0) is 12.8 Å². The zero-order valence-electron chi connectivity index (χ0n) is 11.3. The van der Waals surface area contributed by atoms with Crippen LogP contribution in [0.15, 0.2) is 30.3 Å². The molecule has 0 saturated heterocycles. The monoisotopic (exact) mass is 271 g/mol. The molecule has 0 saturated carbocycles. The van der Waals surface area contributed by atoms with Gasteiger partial charge in [-0.1, -0.05) is 30.3 Å². The number of aryl methyl sites for hydroxylation is 3. The lowest BCUT2D eigenvalue weighted by molar-refractivity contribution is 0.0951. The van der Waals surface area contributed by atoms with Gasteiger partial charge in [-0.2, -0.15) is 0 Å². The van der Waals surface area contributed by atoms with Gasteiger partial charge in [-0.05, 0) is 25.3 Å². The van der Waals surface area contributed by atoms with Crippen molar-refractivity contribution < 1.29 is 4.79 Å². The molecule has 0 radical (unpaired) electrons. The first-order valence-corrected chi connectivity index (χ1v) is 6.29. The van der Waals surface area contributed by atoms with Gasteiger partial charge in [-0.15, -0.1) is 0 Å². The smallest absolute Gasteiger partial charge is 0.268 e. The Morgan fingerprint density at radius 3 is 2.55 bits per heavy atom. The molecule has 2 rings (SSSR count). The summed E-state index contributed by atoms with van der Waals surface area (Å²) in [7, 11) is 0. The zero-order valence-corrected chi connectivity index (χ0v) is 11.3. The van der Waals surface area contributed by atoms with Gasteiger partial charge in [0.15, 0.2) is 0 Å². The first-order valence-electron chi connectivity index (χ1n) is 6.29. The Labute approximate surface area is 117 Å². The van der Waals surface area contributed by atoms with Crippen LogP contribution in [0.1, 0.15) is 27.3 Å². The maximum absolute atomic E-state index is 11.8. The van der Waals surface area contributed by atoms with Crippen LogP contribution in [0.5, 0.6) is 0 Å². The van der Waals surface area contributed by atoms with E-state index in [0.29, 0.717) is 23.4 Å². The summed E-state index contributed by atoms with van der Waals surface area (Å²) in [6.45, 7) is 1.72. The number of nitrogens with two attached hydrogens (primary N) is 2. The molecule has 0 aliphatic heterocycles. The van der Waals surface area contributed by atoms with Crippen LogP contribution in [0.3, 0.4) is 0 Å². The number of hydrogen-bond acceptors (Lipinski definition) is 5. The number of hydrazine groups is 1. The summed E-state index contributed by atoms with van der Waals surface area (Å²) >= 11 is 0. The molecule has 0 bridgehead atoms. The topological polar surface area (TPSA) is 107 Å². The summed E-state index contributed by atoms with van der Waals surface area (Å²) in [6.07, 6.45) is 1.36. The standard InChI is InChI=1S/C14H17N5O/c1-9-12(13(20)19-16)11(18-14(15)17-9)8-7-10-5-3-2-4-6-10/h2-6H,7-8,16H2,1H3,(H,19,20)(H2,15,17,18). The van der Waals surface area contributed by atoms with Crippen LogP contribution in [-0.4, -0.2) is 15.9 Å². The van der Waals surface area contributed by atoms with Crippen molar-refractivity contribution in [3.8, 4) is 0 Å². The first kappa shape index (κ1) is 14.0. The highest BCUT2D eigenvalue weighted by atomic mass is 16.2. The van der Waals surface area contributed by atoms with Crippen molar-refractivity contribution in [2.24, 2.45) is 5.84 Å². The van der Waals surface area contributed by atoms with E-state index in [0.717, 1.165) is 6.42 Å². The van der Waals surface area contributed by atoms with E-state index in [2.05, 4.69) is 15.4 Å². The van der Waals surface area contributed by atoms with Gasteiger partial charge in [-0.25, -0.2) is 15.8 Å². The molecule has 0 aliphatic carbocycles. The number of nitrogen functional groups attached to an aromatic ring is 2. The Kier molecular flexibility index (Phi) is 4.27.